The van der Waals surface area contributed by atoms with Crippen molar-refractivity contribution in [3.8, 4) is 5.75 Å². The van der Waals surface area contributed by atoms with Crippen LogP contribution in [0.5, 0.6) is 5.75 Å². The van der Waals surface area contributed by atoms with Crippen LogP contribution in [0.3, 0.4) is 0 Å². The second-order valence-electron chi connectivity index (χ2n) is 6.63. The van der Waals surface area contributed by atoms with Crippen molar-refractivity contribution in [2.24, 2.45) is 0 Å². The quantitative estimate of drug-likeness (QED) is 0.683. The maximum absolute atomic E-state index is 13.1. The molecule has 9 heteroatoms. The van der Waals surface area contributed by atoms with Gasteiger partial charge in [0.25, 0.3) is 5.91 Å². The molecule has 2 aromatic carbocycles. The Morgan fingerprint density at radius 3 is 2.45 bits per heavy atom. The molecule has 0 aliphatic carbocycles. The summed E-state index contributed by atoms with van der Waals surface area (Å²) < 4.78 is 38.9. The molecule has 3 rings (SSSR count). The summed E-state index contributed by atoms with van der Waals surface area (Å²) in [6.07, 6.45) is 0. The average Bonchev–Trinajstić information content (AvgIpc) is 2.74. The van der Waals surface area contributed by atoms with Crippen molar-refractivity contribution >= 4 is 31.9 Å². The minimum absolute atomic E-state index is 0.0224. The molecular formula is C20H23BrN2O5S. The third-order valence-corrected chi connectivity index (χ3v) is 7.18. The van der Waals surface area contributed by atoms with E-state index in [0.717, 1.165) is 10.0 Å². The molecule has 1 aliphatic heterocycles. The Hall–Kier alpha value is -1.94. The van der Waals surface area contributed by atoms with E-state index < -0.39 is 10.0 Å². The zero-order valence-electron chi connectivity index (χ0n) is 16.2. The van der Waals surface area contributed by atoms with E-state index in [4.69, 9.17) is 9.47 Å². The lowest BCUT2D eigenvalue weighted by Crippen LogP contribution is -2.40. The van der Waals surface area contributed by atoms with Crippen LogP contribution >= 0.6 is 15.9 Å². The molecule has 0 radical (unpaired) electrons. The van der Waals surface area contributed by atoms with Gasteiger partial charge in [-0.15, -0.1) is 0 Å². The standard InChI is InChI=1S/C20H23BrN2O5S/c1-14(15-3-6-17(21)7-4-15)22-20(24)16-5-8-18(27-2)19(13-16)29(25,26)23-9-11-28-12-10-23/h3-8,13-14H,9-12H2,1-2H3,(H,22,24)/t14-/m0/s1. The summed E-state index contributed by atoms with van der Waals surface area (Å²) >= 11 is 3.39. The van der Waals surface area contributed by atoms with Gasteiger partial charge in [-0.25, -0.2) is 8.42 Å². The minimum Gasteiger partial charge on any atom is -0.495 e. The van der Waals surface area contributed by atoms with Crippen LogP contribution in [-0.2, 0) is 14.8 Å². The number of amides is 1. The summed E-state index contributed by atoms with van der Waals surface area (Å²) in [7, 11) is -2.40. The molecule has 0 aromatic heterocycles. The second kappa shape index (κ2) is 9.25. The Balaban J connectivity index is 1.85. The molecular weight excluding hydrogens is 460 g/mol. The molecule has 0 spiro atoms. The topological polar surface area (TPSA) is 84.9 Å². The zero-order valence-corrected chi connectivity index (χ0v) is 18.6. The number of rotatable bonds is 6. The molecule has 29 heavy (non-hydrogen) atoms. The summed E-state index contributed by atoms with van der Waals surface area (Å²) in [6, 6.07) is 11.8. The van der Waals surface area contributed by atoms with Crippen LogP contribution < -0.4 is 10.1 Å². The van der Waals surface area contributed by atoms with Crippen LogP contribution in [0.4, 0.5) is 0 Å². The molecule has 1 amide bonds. The second-order valence-corrected chi connectivity index (χ2v) is 9.45. The molecule has 1 atom stereocenters. The van der Waals surface area contributed by atoms with E-state index in [0.29, 0.717) is 13.2 Å². The summed E-state index contributed by atoms with van der Waals surface area (Å²) in [4.78, 5) is 12.7. The highest BCUT2D eigenvalue weighted by Gasteiger charge is 2.30. The average molecular weight is 483 g/mol. The van der Waals surface area contributed by atoms with Crippen molar-refractivity contribution in [1.82, 2.24) is 9.62 Å². The molecule has 1 heterocycles. The molecule has 1 saturated heterocycles. The van der Waals surface area contributed by atoms with Gasteiger partial charge < -0.3 is 14.8 Å². The van der Waals surface area contributed by atoms with Crippen LogP contribution in [0.15, 0.2) is 51.8 Å². The Bertz CT molecular complexity index is 973. The number of halogens is 1. The molecule has 2 aromatic rings. The third kappa shape index (κ3) is 4.98. The molecule has 156 valence electrons. The summed E-state index contributed by atoms with van der Waals surface area (Å²) in [5, 5.41) is 2.90. The van der Waals surface area contributed by atoms with Crippen LogP contribution in [0.2, 0.25) is 0 Å². The fourth-order valence-electron chi connectivity index (χ4n) is 3.06. The van der Waals surface area contributed by atoms with Gasteiger partial charge in [-0.1, -0.05) is 28.1 Å². The highest BCUT2D eigenvalue weighted by Crippen LogP contribution is 2.28. The number of sulfonamides is 1. The van der Waals surface area contributed by atoms with Crippen molar-refractivity contribution in [3.05, 3.63) is 58.1 Å². The van der Waals surface area contributed by atoms with Gasteiger partial charge in [0, 0.05) is 23.1 Å². The fourth-order valence-corrected chi connectivity index (χ4v) is 4.91. The van der Waals surface area contributed by atoms with E-state index in [1.807, 2.05) is 31.2 Å². The first-order valence-electron chi connectivity index (χ1n) is 9.15. The molecule has 1 fully saturated rings. The minimum atomic E-state index is -3.80. The Kier molecular flexibility index (Phi) is 6.94. The molecule has 0 saturated carbocycles. The first-order valence-corrected chi connectivity index (χ1v) is 11.4. The number of benzene rings is 2. The molecule has 0 unspecified atom stereocenters. The molecule has 0 bridgehead atoms. The zero-order chi connectivity index (χ0) is 21.0. The summed E-state index contributed by atoms with van der Waals surface area (Å²) in [6.45, 7) is 3.08. The van der Waals surface area contributed by atoms with E-state index in [-0.39, 0.29) is 41.2 Å². The van der Waals surface area contributed by atoms with E-state index in [1.165, 1.54) is 23.5 Å². The van der Waals surface area contributed by atoms with Crippen molar-refractivity contribution < 1.29 is 22.7 Å². The highest BCUT2D eigenvalue weighted by molar-refractivity contribution is 9.10. The van der Waals surface area contributed by atoms with E-state index >= 15 is 0 Å². The number of morpholine rings is 1. The lowest BCUT2D eigenvalue weighted by Gasteiger charge is -2.26. The monoisotopic (exact) mass is 482 g/mol. The van der Waals surface area contributed by atoms with Gasteiger partial charge in [-0.2, -0.15) is 4.31 Å². The van der Waals surface area contributed by atoms with Gasteiger partial charge in [0.1, 0.15) is 10.6 Å². The highest BCUT2D eigenvalue weighted by atomic mass is 79.9. The van der Waals surface area contributed by atoms with Crippen LogP contribution in [0.1, 0.15) is 28.9 Å². The molecule has 1 aliphatic rings. The number of hydrogen-bond acceptors (Lipinski definition) is 5. The number of nitrogens with one attached hydrogen (secondary N) is 1. The summed E-state index contributed by atoms with van der Waals surface area (Å²) in [5.41, 5.74) is 1.19. The van der Waals surface area contributed by atoms with E-state index in [9.17, 15) is 13.2 Å². The van der Waals surface area contributed by atoms with Crippen molar-refractivity contribution in [3.63, 3.8) is 0 Å². The Labute approximate surface area is 179 Å². The van der Waals surface area contributed by atoms with Crippen LogP contribution in [0.25, 0.3) is 0 Å². The fraction of sp³-hybridized carbons (Fsp3) is 0.350. The normalized spacial score (nSPS) is 16.2. The Morgan fingerprint density at radius 1 is 1.17 bits per heavy atom. The van der Waals surface area contributed by atoms with Gasteiger partial charge in [-0.3, -0.25) is 4.79 Å². The summed E-state index contributed by atoms with van der Waals surface area (Å²) in [5.74, 6) is -0.157. The van der Waals surface area contributed by atoms with E-state index in [1.54, 1.807) is 6.07 Å². The Morgan fingerprint density at radius 2 is 1.83 bits per heavy atom. The lowest BCUT2D eigenvalue weighted by molar-refractivity contribution is 0.0729. The molecule has 1 N–H and O–H groups in total. The molecule has 7 nitrogen and oxygen atoms in total. The number of carbonyl (C=O) groups is 1. The lowest BCUT2D eigenvalue weighted by atomic mass is 10.1. The largest absolute Gasteiger partial charge is 0.495 e. The smallest absolute Gasteiger partial charge is 0.251 e. The van der Waals surface area contributed by atoms with Gasteiger partial charge in [0.15, 0.2) is 0 Å². The van der Waals surface area contributed by atoms with Gasteiger partial charge in [0.2, 0.25) is 10.0 Å². The van der Waals surface area contributed by atoms with Crippen molar-refractivity contribution in [1.29, 1.82) is 0 Å². The first kappa shape index (κ1) is 21.8. The van der Waals surface area contributed by atoms with Crippen LogP contribution in [-0.4, -0.2) is 52.0 Å². The number of hydrogen-bond donors (Lipinski definition) is 1. The number of carbonyl (C=O) groups excluding carboxylic acids is 1. The van der Waals surface area contributed by atoms with Crippen molar-refractivity contribution in [2.45, 2.75) is 17.9 Å². The van der Waals surface area contributed by atoms with E-state index in [2.05, 4.69) is 21.2 Å². The first-order chi connectivity index (χ1) is 13.8. The van der Waals surface area contributed by atoms with Gasteiger partial charge in [0.05, 0.1) is 26.4 Å². The SMILES string of the molecule is COc1ccc(C(=O)N[C@@H](C)c2ccc(Br)cc2)cc1S(=O)(=O)N1CCOCC1. The van der Waals surface area contributed by atoms with Crippen LogP contribution in [0, 0.1) is 0 Å². The predicted molar refractivity (Wildman–Crippen MR) is 113 cm³/mol. The number of methoxy groups -OCH3 is 1. The third-order valence-electron chi connectivity index (χ3n) is 4.73. The maximum atomic E-state index is 13.1. The van der Waals surface area contributed by atoms with Gasteiger partial charge >= 0.3 is 0 Å². The van der Waals surface area contributed by atoms with Crippen molar-refractivity contribution in [2.75, 3.05) is 33.4 Å². The predicted octanol–water partition coefficient (Wildman–Crippen LogP) is 2.97. The number of ether oxygens (including phenoxy) is 2. The maximum Gasteiger partial charge on any atom is 0.251 e. The van der Waals surface area contributed by atoms with Gasteiger partial charge in [-0.05, 0) is 42.8 Å². The number of nitrogens with zero attached hydrogens (tertiary/aromatic N) is 1.